The van der Waals surface area contributed by atoms with Crippen molar-refractivity contribution in [3.63, 3.8) is 0 Å². The number of aliphatic imine (C=N–C) groups is 1. The van der Waals surface area contributed by atoms with Crippen LogP contribution in [0.4, 0.5) is 0 Å². The van der Waals surface area contributed by atoms with Gasteiger partial charge in [0.15, 0.2) is 5.96 Å². The van der Waals surface area contributed by atoms with Gasteiger partial charge in [-0.05, 0) is 62.4 Å². The Kier molecular flexibility index (Phi) is 7.66. The number of rotatable bonds is 7. The molecule has 1 atom stereocenters. The molecular formula is C21H31N5S. The maximum absolute atomic E-state index is 4.71. The zero-order chi connectivity index (χ0) is 18.9. The second-order valence-electron chi connectivity index (χ2n) is 7.15. The van der Waals surface area contributed by atoms with Crippen LogP contribution in [0.1, 0.15) is 43.3 Å². The molecule has 0 saturated carbocycles. The van der Waals surface area contributed by atoms with Crippen LogP contribution in [-0.4, -0.2) is 42.0 Å². The summed E-state index contributed by atoms with van der Waals surface area (Å²) >= 11 is 1.85. The second kappa shape index (κ2) is 10.4. The molecule has 1 unspecified atom stereocenters. The minimum absolute atomic E-state index is 0.399. The van der Waals surface area contributed by atoms with E-state index in [2.05, 4.69) is 51.9 Å². The van der Waals surface area contributed by atoms with Crippen molar-refractivity contribution >= 4 is 17.3 Å². The van der Waals surface area contributed by atoms with Gasteiger partial charge in [-0.25, -0.2) is 4.99 Å². The van der Waals surface area contributed by atoms with E-state index in [0.29, 0.717) is 12.6 Å². The summed E-state index contributed by atoms with van der Waals surface area (Å²) in [4.78, 5) is 13.1. The smallest absolute Gasteiger partial charge is 0.191 e. The number of aromatic nitrogens is 1. The third kappa shape index (κ3) is 6.04. The molecule has 2 aromatic rings. The quantitative estimate of drug-likeness (QED) is 0.564. The molecule has 0 spiro atoms. The summed E-state index contributed by atoms with van der Waals surface area (Å²) in [6.45, 7) is 9.10. The first-order valence-electron chi connectivity index (χ1n) is 9.95. The van der Waals surface area contributed by atoms with Crippen LogP contribution in [0.15, 0.2) is 46.9 Å². The van der Waals surface area contributed by atoms with Crippen molar-refractivity contribution < 1.29 is 0 Å². The van der Waals surface area contributed by atoms with Crippen molar-refractivity contribution in [1.29, 1.82) is 0 Å². The molecule has 27 heavy (non-hydrogen) atoms. The summed E-state index contributed by atoms with van der Waals surface area (Å²) < 4.78 is 0. The van der Waals surface area contributed by atoms with Gasteiger partial charge >= 0.3 is 0 Å². The Hall–Kier alpha value is -1.92. The van der Waals surface area contributed by atoms with E-state index in [1.165, 1.54) is 30.8 Å². The Bertz CT molecular complexity index is 678. The highest BCUT2D eigenvalue weighted by Gasteiger charge is 2.25. The molecule has 0 amide bonds. The maximum Gasteiger partial charge on any atom is 0.191 e. The fraction of sp³-hybridized carbons (Fsp3) is 0.524. The van der Waals surface area contributed by atoms with Crippen LogP contribution in [0.25, 0.3) is 0 Å². The first kappa shape index (κ1) is 19.8. The molecule has 5 nitrogen and oxygen atoms in total. The van der Waals surface area contributed by atoms with Crippen LogP contribution in [0.2, 0.25) is 0 Å². The molecule has 2 aromatic heterocycles. The van der Waals surface area contributed by atoms with Crippen molar-refractivity contribution in [2.75, 3.05) is 26.2 Å². The van der Waals surface area contributed by atoms with Gasteiger partial charge in [0.2, 0.25) is 0 Å². The number of hydrogen-bond acceptors (Lipinski definition) is 4. The van der Waals surface area contributed by atoms with E-state index < -0.39 is 0 Å². The highest BCUT2D eigenvalue weighted by Crippen LogP contribution is 2.29. The number of guanidine groups is 1. The molecule has 0 radical (unpaired) electrons. The molecule has 0 aromatic carbocycles. The highest BCUT2D eigenvalue weighted by molar-refractivity contribution is 7.10. The summed E-state index contributed by atoms with van der Waals surface area (Å²) in [6.07, 6.45) is 4.39. The Morgan fingerprint density at radius 3 is 2.78 bits per heavy atom. The van der Waals surface area contributed by atoms with Crippen molar-refractivity contribution in [3.05, 3.63) is 52.5 Å². The average Bonchev–Trinajstić information content (AvgIpc) is 3.23. The Balaban J connectivity index is 1.64. The predicted molar refractivity (Wildman–Crippen MR) is 114 cm³/mol. The van der Waals surface area contributed by atoms with E-state index in [0.717, 1.165) is 30.7 Å². The zero-order valence-electron chi connectivity index (χ0n) is 16.4. The summed E-state index contributed by atoms with van der Waals surface area (Å²) in [7, 11) is 0. The third-order valence-corrected chi connectivity index (χ3v) is 6.04. The lowest BCUT2D eigenvalue weighted by molar-refractivity contribution is 0.140. The SMILES string of the molecule is CCNC(=NCc1ccccn1)NCC(c1cccs1)N1CCC(C)CC1. The number of pyridine rings is 1. The first-order chi connectivity index (χ1) is 13.3. The zero-order valence-corrected chi connectivity index (χ0v) is 17.2. The summed E-state index contributed by atoms with van der Waals surface area (Å²) in [5.74, 6) is 1.70. The van der Waals surface area contributed by atoms with E-state index in [9.17, 15) is 0 Å². The van der Waals surface area contributed by atoms with Crippen LogP contribution in [-0.2, 0) is 6.54 Å². The Labute approximate surface area is 166 Å². The van der Waals surface area contributed by atoms with Crippen molar-refractivity contribution in [3.8, 4) is 0 Å². The third-order valence-electron chi connectivity index (χ3n) is 5.06. The maximum atomic E-state index is 4.71. The molecule has 1 saturated heterocycles. The van der Waals surface area contributed by atoms with Crippen LogP contribution in [0, 0.1) is 5.92 Å². The van der Waals surface area contributed by atoms with E-state index in [4.69, 9.17) is 4.99 Å². The number of nitrogens with zero attached hydrogens (tertiary/aromatic N) is 3. The second-order valence-corrected chi connectivity index (χ2v) is 8.13. The van der Waals surface area contributed by atoms with Gasteiger partial charge in [-0.3, -0.25) is 9.88 Å². The molecule has 146 valence electrons. The number of piperidine rings is 1. The molecule has 1 fully saturated rings. The molecule has 0 bridgehead atoms. The van der Waals surface area contributed by atoms with Crippen molar-refractivity contribution in [1.82, 2.24) is 20.5 Å². The van der Waals surface area contributed by atoms with Gasteiger partial charge in [0, 0.05) is 24.2 Å². The summed E-state index contributed by atoms with van der Waals surface area (Å²) in [6, 6.07) is 10.8. The van der Waals surface area contributed by atoms with E-state index in [1.54, 1.807) is 0 Å². The lowest BCUT2D eigenvalue weighted by Crippen LogP contribution is -2.45. The summed E-state index contributed by atoms with van der Waals surface area (Å²) in [5, 5.41) is 9.10. The molecule has 6 heteroatoms. The minimum atomic E-state index is 0.399. The molecule has 2 N–H and O–H groups in total. The van der Waals surface area contributed by atoms with E-state index >= 15 is 0 Å². The summed E-state index contributed by atoms with van der Waals surface area (Å²) in [5.41, 5.74) is 0.981. The largest absolute Gasteiger partial charge is 0.357 e. The molecule has 1 aliphatic heterocycles. The number of thiophene rings is 1. The molecule has 3 heterocycles. The number of likely N-dealkylation sites (tertiary alicyclic amines) is 1. The van der Waals surface area contributed by atoms with E-state index in [-0.39, 0.29) is 0 Å². The van der Waals surface area contributed by atoms with Gasteiger partial charge in [-0.2, -0.15) is 0 Å². The van der Waals surface area contributed by atoms with Gasteiger partial charge in [-0.15, -0.1) is 11.3 Å². The fourth-order valence-corrected chi connectivity index (χ4v) is 4.28. The molecular weight excluding hydrogens is 354 g/mol. The Morgan fingerprint density at radius 1 is 1.26 bits per heavy atom. The van der Waals surface area contributed by atoms with Gasteiger partial charge in [0.05, 0.1) is 18.3 Å². The Morgan fingerprint density at radius 2 is 2.11 bits per heavy atom. The standard InChI is InChI=1S/C21H31N5S/c1-3-22-21(24-15-18-7-4-5-11-23-18)25-16-19(20-8-6-14-27-20)26-12-9-17(2)10-13-26/h4-8,11,14,17,19H,3,9-10,12-13,15-16H2,1-2H3,(H2,22,24,25). The van der Waals surface area contributed by atoms with Crippen LogP contribution < -0.4 is 10.6 Å². The van der Waals surface area contributed by atoms with Crippen LogP contribution >= 0.6 is 11.3 Å². The van der Waals surface area contributed by atoms with Crippen LogP contribution in [0.3, 0.4) is 0 Å². The number of hydrogen-bond donors (Lipinski definition) is 2. The molecule has 1 aliphatic rings. The van der Waals surface area contributed by atoms with Gasteiger partial charge < -0.3 is 10.6 Å². The lowest BCUT2D eigenvalue weighted by Gasteiger charge is -2.36. The average molecular weight is 386 g/mol. The fourth-order valence-electron chi connectivity index (χ4n) is 3.42. The van der Waals surface area contributed by atoms with Gasteiger partial charge in [-0.1, -0.05) is 19.1 Å². The van der Waals surface area contributed by atoms with Crippen molar-refractivity contribution in [2.45, 2.75) is 39.3 Å². The van der Waals surface area contributed by atoms with Crippen LogP contribution in [0.5, 0.6) is 0 Å². The lowest BCUT2D eigenvalue weighted by atomic mass is 9.97. The first-order valence-corrected chi connectivity index (χ1v) is 10.8. The molecule has 3 rings (SSSR count). The monoisotopic (exact) mass is 385 g/mol. The normalized spacial score (nSPS) is 17.6. The van der Waals surface area contributed by atoms with Crippen molar-refractivity contribution in [2.24, 2.45) is 10.9 Å². The van der Waals surface area contributed by atoms with Gasteiger partial charge in [0.25, 0.3) is 0 Å². The van der Waals surface area contributed by atoms with E-state index in [1.807, 2.05) is 35.7 Å². The van der Waals surface area contributed by atoms with Gasteiger partial charge in [0.1, 0.15) is 0 Å². The minimum Gasteiger partial charge on any atom is -0.357 e. The topological polar surface area (TPSA) is 52.6 Å². The highest BCUT2D eigenvalue weighted by atomic mass is 32.1. The predicted octanol–water partition coefficient (Wildman–Crippen LogP) is 3.67. The molecule has 0 aliphatic carbocycles. The number of nitrogens with one attached hydrogen (secondary N) is 2.